The Morgan fingerprint density at radius 1 is 1.09 bits per heavy atom. The molecule has 2 amide bonds. The third-order valence-electron chi connectivity index (χ3n) is 5.48. The van der Waals surface area contributed by atoms with Crippen molar-refractivity contribution < 1.29 is 22.7 Å². The molecular weight excluding hydrogens is 522 g/mol. The zero-order valence-corrected chi connectivity index (χ0v) is 22.5. The Labute approximate surface area is 210 Å². The van der Waals surface area contributed by atoms with Gasteiger partial charge < -0.3 is 15.0 Å². The molecule has 0 heterocycles. The van der Waals surface area contributed by atoms with Gasteiger partial charge in [0.2, 0.25) is 21.8 Å². The van der Waals surface area contributed by atoms with E-state index >= 15 is 0 Å². The van der Waals surface area contributed by atoms with Crippen LogP contribution in [0.5, 0.6) is 5.75 Å². The molecule has 2 aromatic carbocycles. The van der Waals surface area contributed by atoms with Crippen molar-refractivity contribution in [3.63, 3.8) is 0 Å². The van der Waals surface area contributed by atoms with Crippen LogP contribution in [0.25, 0.3) is 0 Å². The largest absolute Gasteiger partial charge is 0.497 e. The summed E-state index contributed by atoms with van der Waals surface area (Å²) in [7, 11) is -2.22. The summed E-state index contributed by atoms with van der Waals surface area (Å²) in [5.74, 6) is -0.131. The summed E-state index contributed by atoms with van der Waals surface area (Å²) < 4.78 is 32.0. The average Bonchev–Trinajstić information content (AvgIpc) is 2.80. The van der Waals surface area contributed by atoms with Crippen molar-refractivity contribution in [3.8, 4) is 5.75 Å². The Morgan fingerprint density at radius 2 is 1.71 bits per heavy atom. The van der Waals surface area contributed by atoms with Crippen molar-refractivity contribution >= 4 is 43.5 Å². The highest BCUT2D eigenvalue weighted by atomic mass is 79.9. The van der Waals surface area contributed by atoms with Gasteiger partial charge >= 0.3 is 0 Å². The molecule has 0 aromatic heterocycles. The molecule has 2 rings (SSSR count). The first kappa shape index (κ1) is 27.7. The monoisotopic (exact) mass is 553 g/mol. The van der Waals surface area contributed by atoms with E-state index in [1.54, 1.807) is 62.6 Å². The predicted molar refractivity (Wildman–Crippen MR) is 137 cm³/mol. The molecule has 10 heteroatoms. The quantitative estimate of drug-likeness (QED) is 0.459. The second kappa shape index (κ2) is 12.2. The summed E-state index contributed by atoms with van der Waals surface area (Å²) in [5, 5.41) is 2.90. The van der Waals surface area contributed by atoms with Crippen molar-refractivity contribution in [1.82, 2.24) is 10.2 Å². The topological polar surface area (TPSA) is 96.0 Å². The molecule has 0 radical (unpaired) electrons. The number of amides is 2. The second-order valence-electron chi connectivity index (χ2n) is 8.08. The van der Waals surface area contributed by atoms with Gasteiger partial charge in [0, 0.05) is 17.1 Å². The smallest absolute Gasteiger partial charge is 0.244 e. The maximum atomic E-state index is 13.5. The highest BCUT2D eigenvalue weighted by Crippen LogP contribution is 2.28. The van der Waals surface area contributed by atoms with Gasteiger partial charge in [-0.15, -0.1) is 0 Å². The van der Waals surface area contributed by atoms with Gasteiger partial charge in [-0.1, -0.05) is 31.2 Å². The predicted octanol–water partition coefficient (Wildman–Crippen LogP) is 3.56. The van der Waals surface area contributed by atoms with Crippen molar-refractivity contribution in [2.24, 2.45) is 0 Å². The first-order valence-electron chi connectivity index (χ1n) is 10.9. The highest BCUT2D eigenvalue weighted by Gasteiger charge is 2.31. The minimum atomic E-state index is -3.78. The van der Waals surface area contributed by atoms with Crippen molar-refractivity contribution in [2.75, 3.05) is 24.2 Å². The van der Waals surface area contributed by atoms with Crippen LogP contribution in [0.1, 0.15) is 32.8 Å². The van der Waals surface area contributed by atoms with E-state index in [9.17, 15) is 18.0 Å². The minimum Gasteiger partial charge on any atom is -0.497 e. The first-order chi connectivity index (χ1) is 16.0. The maximum absolute atomic E-state index is 13.5. The van der Waals surface area contributed by atoms with Crippen LogP contribution in [0.15, 0.2) is 53.0 Å². The summed E-state index contributed by atoms with van der Waals surface area (Å²) in [6, 6.07) is 13.1. The molecule has 2 atom stereocenters. The molecule has 1 N–H and O–H groups in total. The number of nitrogens with zero attached hydrogens (tertiary/aromatic N) is 2. The van der Waals surface area contributed by atoms with Crippen LogP contribution in [-0.4, -0.2) is 57.1 Å². The van der Waals surface area contributed by atoms with Gasteiger partial charge in [0.25, 0.3) is 0 Å². The lowest BCUT2D eigenvalue weighted by atomic mass is 10.1. The van der Waals surface area contributed by atoms with Gasteiger partial charge in [-0.3, -0.25) is 13.9 Å². The summed E-state index contributed by atoms with van der Waals surface area (Å²) in [4.78, 5) is 27.8. The molecule has 0 aliphatic heterocycles. The van der Waals surface area contributed by atoms with Crippen molar-refractivity contribution in [1.29, 1.82) is 0 Å². The van der Waals surface area contributed by atoms with Gasteiger partial charge in [-0.25, -0.2) is 8.42 Å². The Bertz CT molecular complexity index is 1090. The van der Waals surface area contributed by atoms with Crippen molar-refractivity contribution in [2.45, 2.75) is 45.8 Å². The van der Waals surface area contributed by atoms with Gasteiger partial charge in [-0.2, -0.15) is 0 Å². The Morgan fingerprint density at radius 3 is 2.24 bits per heavy atom. The van der Waals surface area contributed by atoms with Crippen LogP contribution in [0.3, 0.4) is 0 Å². The summed E-state index contributed by atoms with van der Waals surface area (Å²) >= 11 is 3.36. The summed E-state index contributed by atoms with van der Waals surface area (Å²) in [6.45, 7) is 5.17. The van der Waals surface area contributed by atoms with E-state index in [0.717, 1.165) is 22.5 Å². The zero-order valence-electron chi connectivity index (χ0n) is 20.1. The van der Waals surface area contributed by atoms with E-state index in [0.29, 0.717) is 15.9 Å². The standard InChI is InChI=1S/C24H32BrN3O5S/c1-6-17(2)26-24(30)18(3)27(15-19-11-13-20(33-4)14-12-19)23(29)16-28(34(5,31)32)22-10-8-7-9-21(22)25/h7-14,17-18H,6,15-16H2,1-5H3,(H,26,30)/t17-,18+/m1/s1. The number of ether oxygens (including phenoxy) is 1. The van der Waals surface area contributed by atoms with Crippen LogP contribution in [-0.2, 0) is 26.2 Å². The van der Waals surface area contributed by atoms with E-state index < -0.39 is 28.5 Å². The Kier molecular flexibility index (Phi) is 9.93. The number of carbonyl (C=O) groups is 2. The van der Waals surface area contributed by atoms with E-state index in [1.165, 1.54) is 4.90 Å². The molecule has 0 unspecified atom stereocenters. The third kappa shape index (κ3) is 7.46. The molecule has 8 nitrogen and oxygen atoms in total. The van der Waals surface area contributed by atoms with E-state index in [2.05, 4.69) is 21.2 Å². The lowest BCUT2D eigenvalue weighted by Crippen LogP contribution is -2.52. The first-order valence-corrected chi connectivity index (χ1v) is 13.6. The van der Waals surface area contributed by atoms with Crippen LogP contribution < -0.4 is 14.4 Å². The number of hydrogen-bond donors (Lipinski definition) is 1. The normalized spacial score (nSPS) is 13.0. The number of para-hydroxylation sites is 1. The number of sulfonamides is 1. The number of hydrogen-bond acceptors (Lipinski definition) is 5. The summed E-state index contributed by atoms with van der Waals surface area (Å²) in [6.07, 6.45) is 1.79. The van der Waals surface area contributed by atoms with Gasteiger partial charge in [0.05, 0.1) is 19.1 Å². The number of nitrogens with one attached hydrogen (secondary N) is 1. The number of methoxy groups -OCH3 is 1. The molecule has 0 fully saturated rings. The molecule has 0 bridgehead atoms. The molecule has 0 spiro atoms. The average molecular weight is 555 g/mol. The SMILES string of the molecule is CC[C@@H](C)NC(=O)[C@H](C)N(Cc1ccc(OC)cc1)C(=O)CN(c1ccccc1Br)S(C)(=O)=O. The van der Waals surface area contributed by atoms with Crippen molar-refractivity contribution in [3.05, 3.63) is 58.6 Å². The number of anilines is 1. The van der Waals surface area contributed by atoms with Crippen LogP contribution in [0, 0.1) is 0 Å². The molecule has 0 saturated carbocycles. The maximum Gasteiger partial charge on any atom is 0.244 e. The lowest BCUT2D eigenvalue weighted by molar-refractivity contribution is -0.139. The van der Waals surface area contributed by atoms with Crippen LogP contribution in [0.2, 0.25) is 0 Å². The highest BCUT2D eigenvalue weighted by molar-refractivity contribution is 9.10. The molecule has 34 heavy (non-hydrogen) atoms. The van der Waals surface area contributed by atoms with Gasteiger partial charge in [-0.05, 0) is 66.0 Å². The Balaban J connectivity index is 2.39. The van der Waals surface area contributed by atoms with E-state index in [-0.39, 0.29) is 18.5 Å². The molecule has 0 aliphatic carbocycles. The molecular formula is C24H32BrN3O5S. The number of carbonyl (C=O) groups excluding carboxylic acids is 2. The summed E-state index contributed by atoms with van der Waals surface area (Å²) in [5.41, 5.74) is 1.13. The van der Waals surface area contributed by atoms with Crippen LogP contribution in [0.4, 0.5) is 5.69 Å². The fourth-order valence-electron chi connectivity index (χ4n) is 3.22. The lowest BCUT2D eigenvalue weighted by Gasteiger charge is -2.32. The number of benzene rings is 2. The molecule has 2 aromatic rings. The van der Waals surface area contributed by atoms with E-state index in [1.807, 2.05) is 13.8 Å². The number of halogens is 1. The number of rotatable bonds is 11. The molecule has 186 valence electrons. The minimum absolute atomic E-state index is 0.0549. The molecule has 0 aliphatic rings. The molecule has 0 saturated heterocycles. The van der Waals surface area contributed by atoms with E-state index in [4.69, 9.17) is 4.74 Å². The van der Waals surface area contributed by atoms with Crippen LogP contribution >= 0.6 is 15.9 Å². The fraction of sp³-hybridized carbons (Fsp3) is 0.417. The second-order valence-corrected chi connectivity index (χ2v) is 10.8. The zero-order chi connectivity index (χ0) is 25.5. The van der Waals surface area contributed by atoms with Gasteiger partial charge in [0.15, 0.2) is 0 Å². The van der Waals surface area contributed by atoms with Gasteiger partial charge in [0.1, 0.15) is 18.3 Å². The third-order valence-corrected chi connectivity index (χ3v) is 7.28. The fourth-order valence-corrected chi connectivity index (χ4v) is 4.70. The Hall–Kier alpha value is -2.59.